The summed E-state index contributed by atoms with van der Waals surface area (Å²) in [7, 11) is 0. The molecule has 0 bridgehead atoms. The topological polar surface area (TPSA) is 90.9 Å². The second-order valence-electron chi connectivity index (χ2n) is 8.99. The fourth-order valence-electron chi connectivity index (χ4n) is 4.08. The van der Waals surface area contributed by atoms with Crippen LogP contribution in [0.4, 0.5) is 26.8 Å². The van der Waals surface area contributed by atoms with E-state index < -0.39 is 17.9 Å². The Balaban J connectivity index is 1.52. The average Bonchev–Trinajstić information content (AvgIpc) is 2.78. The van der Waals surface area contributed by atoms with Gasteiger partial charge in [-0.2, -0.15) is 0 Å². The predicted octanol–water partition coefficient (Wildman–Crippen LogP) is 3.89. The zero-order chi connectivity index (χ0) is 22.7. The molecule has 32 heavy (non-hydrogen) atoms. The molecule has 2 aliphatic heterocycles. The lowest BCUT2D eigenvalue weighted by atomic mass is 10.1. The minimum atomic E-state index is -0.585. The Morgan fingerprint density at radius 1 is 1.06 bits per heavy atom. The highest BCUT2D eigenvalue weighted by Crippen LogP contribution is 2.36. The standard InChI is InChI=1S/C23H30N6O3/c1-23(2,3)32-22(31)29-13-7-6-10-19(29)26-21(30)28-15-14-27(20-16-24-11-12-25-20)17-8-4-5-9-18(17)28/h4-5,8-9,11-12,16,19H,6-7,10,13-15H2,1-3H3,(H,26,30). The number of rotatable bonds is 2. The molecule has 0 radical (unpaired) electrons. The highest BCUT2D eigenvalue weighted by atomic mass is 16.6. The van der Waals surface area contributed by atoms with Gasteiger partial charge in [0.25, 0.3) is 0 Å². The van der Waals surface area contributed by atoms with Gasteiger partial charge in [-0.1, -0.05) is 12.1 Å². The van der Waals surface area contributed by atoms with E-state index in [0.29, 0.717) is 26.1 Å². The summed E-state index contributed by atoms with van der Waals surface area (Å²) in [5, 5.41) is 3.07. The molecule has 170 valence electrons. The van der Waals surface area contributed by atoms with E-state index in [-0.39, 0.29) is 6.03 Å². The van der Waals surface area contributed by atoms with E-state index in [4.69, 9.17) is 4.74 Å². The number of para-hydroxylation sites is 2. The van der Waals surface area contributed by atoms with Gasteiger partial charge in [-0.3, -0.25) is 14.8 Å². The van der Waals surface area contributed by atoms with Gasteiger partial charge >= 0.3 is 12.1 Å². The van der Waals surface area contributed by atoms with E-state index >= 15 is 0 Å². The number of piperidine rings is 1. The van der Waals surface area contributed by atoms with Gasteiger partial charge in [-0.15, -0.1) is 0 Å². The molecule has 1 atom stereocenters. The van der Waals surface area contributed by atoms with Gasteiger partial charge in [-0.25, -0.2) is 14.6 Å². The number of hydrogen-bond acceptors (Lipinski definition) is 6. The Hall–Kier alpha value is -3.36. The molecule has 0 aliphatic carbocycles. The van der Waals surface area contributed by atoms with Gasteiger partial charge in [0.05, 0.1) is 17.6 Å². The summed E-state index contributed by atoms with van der Waals surface area (Å²) in [6.07, 6.45) is 6.77. The highest BCUT2D eigenvalue weighted by molar-refractivity contribution is 5.98. The number of fused-ring (bicyclic) bond motifs is 1. The zero-order valence-corrected chi connectivity index (χ0v) is 18.8. The molecule has 9 nitrogen and oxygen atoms in total. The molecule has 1 saturated heterocycles. The van der Waals surface area contributed by atoms with E-state index in [2.05, 4.69) is 20.2 Å². The number of hydrogen-bond donors (Lipinski definition) is 1. The van der Waals surface area contributed by atoms with Crippen molar-refractivity contribution in [1.29, 1.82) is 0 Å². The Kier molecular flexibility index (Phi) is 6.16. The molecule has 1 unspecified atom stereocenters. The molecule has 1 fully saturated rings. The molecule has 0 spiro atoms. The van der Waals surface area contributed by atoms with Gasteiger partial charge in [0, 0.05) is 32.0 Å². The summed E-state index contributed by atoms with van der Waals surface area (Å²) < 4.78 is 5.56. The first kappa shape index (κ1) is 21.9. The van der Waals surface area contributed by atoms with Gasteiger partial charge < -0.3 is 15.0 Å². The van der Waals surface area contributed by atoms with Crippen LogP contribution in [0.2, 0.25) is 0 Å². The fourth-order valence-corrected chi connectivity index (χ4v) is 4.08. The molecule has 1 aromatic heterocycles. The average molecular weight is 439 g/mol. The van der Waals surface area contributed by atoms with Crippen molar-refractivity contribution in [2.45, 2.75) is 51.8 Å². The molecule has 9 heteroatoms. The molecular weight excluding hydrogens is 408 g/mol. The SMILES string of the molecule is CC(C)(C)OC(=O)N1CCCCC1NC(=O)N1CCN(c2cnccn2)c2ccccc21. The number of carbonyl (C=O) groups is 2. The van der Waals surface area contributed by atoms with E-state index in [0.717, 1.165) is 30.0 Å². The van der Waals surface area contributed by atoms with Gasteiger partial charge in [0.15, 0.2) is 5.82 Å². The second kappa shape index (κ2) is 9.02. The molecule has 2 aliphatic rings. The number of benzene rings is 1. The maximum absolute atomic E-state index is 13.3. The normalized spacial score (nSPS) is 18.7. The maximum atomic E-state index is 13.3. The lowest BCUT2D eigenvalue weighted by Gasteiger charge is -2.40. The van der Waals surface area contributed by atoms with Gasteiger partial charge in [0.2, 0.25) is 0 Å². The number of ether oxygens (including phenoxy) is 1. The number of anilines is 3. The molecule has 0 saturated carbocycles. The third-order valence-corrected chi connectivity index (χ3v) is 5.50. The van der Waals surface area contributed by atoms with Crippen LogP contribution in [0.25, 0.3) is 0 Å². The summed E-state index contributed by atoms with van der Waals surface area (Å²) in [5.74, 6) is 0.739. The Morgan fingerprint density at radius 2 is 1.84 bits per heavy atom. The van der Waals surface area contributed by atoms with Crippen LogP contribution in [0.15, 0.2) is 42.9 Å². The van der Waals surface area contributed by atoms with Crippen molar-refractivity contribution in [2.24, 2.45) is 0 Å². The van der Waals surface area contributed by atoms with Crippen LogP contribution in [0.3, 0.4) is 0 Å². The van der Waals surface area contributed by atoms with Crippen LogP contribution >= 0.6 is 0 Å². The molecular formula is C23H30N6O3. The van der Waals surface area contributed by atoms with Crippen LogP contribution < -0.4 is 15.1 Å². The summed E-state index contributed by atoms with van der Waals surface area (Å²) in [4.78, 5) is 40.0. The first-order valence-electron chi connectivity index (χ1n) is 11.0. The number of aromatic nitrogens is 2. The van der Waals surface area contributed by atoms with Gasteiger partial charge in [0.1, 0.15) is 11.8 Å². The number of nitrogens with zero attached hydrogens (tertiary/aromatic N) is 5. The van der Waals surface area contributed by atoms with Crippen LogP contribution in [-0.4, -0.2) is 58.4 Å². The summed E-state index contributed by atoms with van der Waals surface area (Å²) in [6.45, 7) is 7.17. The second-order valence-corrected chi connectivity index (χ2v) is 8.99. The number of nitrogens with one attached hydrogen (secondary N) is 1. The predicted molar refractivity (Wildman–Crippen MR) is 122 cm³/mol. The third-order valence-electron chi connectivity index (χ3n) is 5.50. The third kappa shape index (κ3) is 4.76. The first-order chi connectivity index (χ1) is 15.3. The van der Waals surface area contributed by atoms with Crippen LogP contribution in [0.1, 0.15) is 40.0 Å². The number of urea groups is 1. The van der Waals surface area contributed by atoms with Crippen molar-refractivity contribution in [3.8, 4) is 0 Å². The Bertz CT molecular complexity index is 962. The number of carbonyl (C=O) groups excluding carboxylic acids is 2. The lowest BCUT2D eigenvalue weighted by Crippen LogP contribution is -2.58. The minimum Gasteiger partial charge on any atom is -0.444 e. The molecule has 4 rings (SSSR count). The molecule has 2 aromatic rings. The van der Waals surface area contributed by atoms with Gasteiger partial charge in [-0.05, 0) is 52.2 Å². The van der Waals surface area contributed by atoms with E-state index in [1.165, 1.54) is 0 Å². The number of amides is 3. The van der Waals surface area contributed by atoms with E-state index in [1.54, 1.807) is 28.4 Å². The van der Waals surface area contributed by atoms with Crippen LogP contribution in [0.5, 0.6) is 0 Å². The maximum Gasteiger partial charge on any atom is 0.411 e. The molecule has 1 N–H and O–H groups in total. The van der Waals surface area contributed by atoms with Crippen molar-refractivity contribution >= 4 is 29.3 Å². The van der Waals surface area contributed by atoms with Crippen molar-refractivity contribution in [3.05, 3.63) is 42.9 Å². The zero-order valence-electron chi connectivity index (χ0n) is 18.8. The Morgan fingerprint density at radius 3 is 2.56 bits per heavy atom. The summed E-state index contributed by atoms with van der Waals surface area (Å²) >= 11 is 0. The molecule has 3 heterocycles. The lowest BCUT2D eigenvalue weighted by molar-refractivity contribution is 0.00727. The monoisotopic (exact) mass is 438 g/mol. The molecule has 3 amide bonds. The fraction of sp³-hybridized carbons (Fsp3) is 0.478. The highest BCUT2D eigenvalue weighted by Gasteiger charge is 2.34. The summed E-state index contributed by atoms with van der Waals surface area (Å²) in [5.41, 5.74) is 1.10. The quantitative estimate of drug-likeness (QED) is 0.765. The van der Waals surface area contributed by atoms with Crippen molar-refractivity contribution in [3.63, 3.8) is 0 Å². The van der Waals surface area contributed by atoms with Crippen molar-refractivity contribution < 1.29 is 14.3 Å². The van der Waals surface area contributed by atoms with E-state index in [1.807, 2.05) is 45.0 Å². The molecule has 1 aromatic carbocycles. The van der Waals surface area contributed by atoms with Crippen LogP contribution in [-0.2, 0) is 4.74 Å². The van der Waals surface area contributed by atoms with Crippen LogP contribution in [0, 0.1) is 0 Å². The number of likely N-dealkylation sites (tertiary alicyclic amines) is 1. The largest absolute Gasteiger partial charge is 0.444 e. The van der Waals surface area contributed by atoms with Crippen molar-refractivity contribution in [1.82, 2.24) is 20.2 Å². The first-order valence-corrected chi connectivity index (χ1v) is 11.0. The Labute approximate surface area is 188 Å². The smallest absolute Gasteiger partial charge is 0.411 e. The van der Waals surface area contributed by atoms with Crippen molar-refractivity contribution in [2.75, 3.05) is 29.4 Å². The minimum absolute atomic E-state index is 0.225. The van der Waals surface area contributed by atoms with E-state index in [9.17, 15) is 9.59 Å². The summed E-state index contributed by atoms with van der Waals surface area (Å²) in [6, 6.07) is 7.51.